The van der Waals surface area contributed by atoms with Gasteiger partial charge in [0.05, 0.1) is 10.9 Å². The van der Waals surface area contributed by atoms with Crippen molar-refractivity contribution in [2.75, 3.05) is 0 Å². The van der Waals surface area contributed by atoms with Crippen LogP contribution in [0.15, 0.2) is 23.0 Å². The van der Waals surface area contributed by atoms with Gasteiger partial charge in [-0.1, -0.05) is 12.1 Å². The third-order valence-electron chi connectivity index (χ3n) is 2.66. The van der Waals surface area contributed by atoms with Gasteiger partial charge in [-0.05, 0) is 11.6 Å². The lowest BCUT2D eigenvalue weighted by Gasteiger charge is -2.00. The van der Waals surface area contributed by atoms with E-state index < -0.39 is 0 Å². The van der Waals surface area contributed by atoms with Gasteiger partial charge >= 0.3 is 0 Å². The lowest BCUT2D eigenvalue weighted by atomic mass is 10.1. The number of nitrogens with two attached hydrogens (primary N) is 1. The van der Waals surface area contributed by atoms with Crippen molar-refractivity contribution in [2.45, 2.75) is 6.54 Å². The van der Waals surface area contributed by atoms with Gasteiger partial charge in [0.1, 0.15) is 0 Å². The Morgan fingerprint density at radius 1 is 1.29 bits per heavy atom. The Morgan fingerprint density at radius 3 is 2.64 bits per heavy atom. The Kier molecular flexibility index (Phi) is 1.93. The summed E-state index contributed by atoms with van der Waals surface area (Å²) in [6.45, 7) is 0.399. The molecule has 4 nitrogen and oxygen atoms in total. The number of hydrogen-bond acceptors (Lipinski definition) is 2. The average Bonchev–Trinajstić information content (AvgIpc) is 2.44. The summed E-state index contributed by atoms with van der Waals surface area (Å²) in [7, 11) is 3.62. The largest absolute Gasteiger partial charge is 0.326 e. The van der Waals surface area contributed by atoms with Crippen LogP contribution in [0.1, 0.15) is 5.56 Å². The fourth-order valence-electron chi connectivity index (χ4n) is 1.73. The van der Waals surface area contributed by atoms with E-state index in [9.17, 15) is 4.79 Å². The van der Waals surface area contributed by atoms with Gasteiger partial charge in [0, 0.05) is 20.6 Å². The zero-order valence-corrected chi connectivity index (χ0v) is 8.32. The van der Waals surface area contributed by atoms with Gasteiger partial charge in [-0.15, -0.1) is 0 Å². The second-order valence-corrected chi connectivity index (χ2v) is 3.37. The van der Waals surface area contributed by atoms with Gasteiger partial charge in [-0.25, -0.2) is 0 Å². The molecule has 2 rings (SSSR count). The van der Waals surface area contributed by atoms with Crippen molar-refractivity contribution >= 4 is 10.9 Å². The molecule has 0 atom stereocenters. The molecule has 2 aromatic rings. The van der Waals surface area contributed by atoms with Crippen molar-refractivity contribution in [3.63, 3.8) is 0 Å². The molecular formula is C10H13N3O. The van der Waals surface area contributed by atoms with Crippen LogP contribution >= 0.6 is 0 Å². The molecule has 0 aliphatic heterocycles. The van der Waals surface area contributed by atoms with Gasteiger partial charge < -0.3 is 5.73 Å². The SMILES string of the molecule is Cn1c(=O)c2c(CN)cccc2n1C. The maximum atomic E-state index is 11.8. The summed E-state index contributed by atoms with van der Waals surface area (Å²) in [4.78, 5) is 11.8. The number of benzene rings is 1. The molecule has 0 aliphatic carbocycles. The van der Waals surface area contributed by atoms with E-state index in [0.29, 0.717) is 6.54 Å². The first-order valence-electron chi connectivity index (χ1n) is 4.50. The van der Waals surface area contributed by atoms with Crippen LogP contribution in [-0.2, 0) is 20.6 Å². The van der Waals surface area contributed by atoms with E-state index in [0.717, 1.165) is 16.5 Å². The minimum atomic E-state index is 0.0172. The van der Waals surface area contributed by atoms with E-state index in [1.54, 1.807) is 11.7 Å². The summed E-state index contributed by atoms with van der Waals surface area (Å²) in [6.07, 6.45) is 0. The van der Waals surface area contributed by atoms with Crippen LogP contribution in [0.5, 0.6) is 0 Å². The first-order valence-corrected chi connectivity index (χ1v) is 4.50. The standard InChI is InChI=1S/C10H13N3O/c1-12-8-5-3-4-7(6-11)9(8)10(14)13(12)2/h3-5H,6,11H2,1-2H3. The van der Waals surface area contributed by atoms with Crippen LogP contribution in [0.25, 0.3) is 10.9 Å². The molecule has 1 aromatic heterocycles. The molecule has 1 aromatic carbocycles. The van der Waals surface area contributed by atoms with E-state index in [1.165, 1.54) is 0 Å². The third kappa shape index (κ3) is 1.01. The maximum absolute atomic E-state index is 11.8. The zero-order chi connectivity index (χ0) is 10.3. The lowest BCUT2D eigenvalue weighted by molar-refractivity contribution is 0.595. The highest BCUT2D eigenvalue weighted by Crippen LogP contribution is 2.14. The van der Waals surface area contributed by atoms with E-state index in [-0.39, 0.29) is 5.56 Å². The van der Waals surface area contributed by atoms with Gasteiger partial charge in [-0.2, -0.15) is 0 Å². The van der Waals surface area contributed by atoms with Crippen LogP contribution in [0.4, 0.5) is 0 Å². The smallest absolute Gasteiger partial charge is 0.274 e. The second kappa shape index (κ2) is 2.99. The molecule has 0 bridgehead atoms. The molecule has 0 fully saturated rings. The highest BCUT2D eigenvalue weighted by atomic mass is 16.1. The predicted octanol–water partition coefficient (Wildman–Crippen LogP) is 0.336. The molecule has 0 spiro atoms. The number of fused-ring (bicyclic) bond motifs is 1. The fraction of sp³-hybridized carbons (Fsp3) is 0.300. The fourth-order valence-corrected chi connectivity index (χ4v) is 1.73. The molecule has 4 heteroatoms. The quantitative estimate of drug-likeness (QED) is 0.706. The number of aryl methyl sites for hydroxylation is 1. The first kappa shape index (κ1) is 9.02. The highest BCUT2D eigenvalue weighted by Gasteiger charge is 2.10. The van der Waals surface area contributed by atoms with Crippen molar-refractivity contribution in [3.05, 3.63) is 34.1 Å². The van der Waals surface area contributed by atoms with Crippen molar-refractivity contribution < 1.29 is 0 Å². The second-order valence-electron chi connectivity index (χ2n) is 3.37. The molecular weight excluding hydrogens is 178 g/mol. The van der Waals surface area contributed by atoms with Crippen LogP contribution in [0.2, 0.25) is 0 Å². The predicted molar refractivity (Wildman–Crippen MR) is 56.1 cm³/mol. The average molecular weight is 191 g/mol. The van der Waals surface area contributed by atoms with Crippen molar-refractivity contribution in [3.8, 4) is 0 Å². The van der Waals surface area contributed by atoms with Crippen molar-refractivity contribution in [1.82, 2.24) is 9.36 Å². The van der Waals surface area contributed by atoms with E-state index in [4.69, 9.17) is 5.73 Å². The molecule has 0 amide bonds. The minimum absolute atomic E-state index is 0.0172. The first-order chi connectivity index (χ1) is 6.66. The number of hydrogen-bond donors (Lipinski definition) is 1. The van der Waals surface area contributed by atoms with Crippen molar-refractivity contribution in [1.29, 1.82) is 0 Å². The lowest BCUT2D eigenvalue weighted by Crippen LogP contribution is -2.17. The Labute approximate surface area is 81.5 Å². The molecule has 2 N–H and O–H groups in total. The number of rotatable bonds is 1. The summed E-state index contributed by atoms with van der Waals surface area (Å²) < 4.78 is 3.42. The van der Waals surface area contributed by atoms with Gasteiger partial charge in [0.2, 0.25) is 0 Å². The van der Waals surface area contributed by atoms with E-state index in [2.05, 4.69) is 0 Å². The summed E-state index contributed by atoms with van der Waals surface area (Å²) in [5, 5.41) is 0.736. The monoisotopic (exact) mass is 191 g/mol. The third-order valence-corrected chi connectivity index (χ3v) is 2.66. The molecule has 0 saturated heterocycles. The number of nitrogens with zero attached hydrogens (tertiary/aromatic N) is 2. The Bertz CT molecular complexity index is 536. The molecule has 0 aliphatic rings. The summed E-state index contributed by atoms with van der Waals surface area (Å²) in [6, 6.07) is 5.74. The summed E-state index contributed by atoms with van der Waals surface area (Å²) >= 11 is 0. The van der Waals surface area contributed by atoms with E-state index >= 15 is 0 Å². The van der Waals surface area contributed by atoms with Crippen molar-refractivity contribution in [2.24, 2.45) is 19.8 Å². The van der Waals surface area contributed by atoms with Gasteiger partial charge in [0.25, 0.3) is 5.56 Å². The molecule has 0 saturated carbocycles. The summed E-state index contributed by atoms with van der Waals surface area (Å²) in [5.74, 6) is 0. The number of aromatic nitrogens is 2. The van der Waals surface area contributed by atoms with E-state index in [1.807, 2.05) is 29.9 Å². The zero-order valence-electron chi connectivity index (χ0n) is 8.32. The Morgan fingerprint density at radius 2 is 2.00 bits per heavy atom. The molecule has 0 radical (unpaired) electrons. The van der Waals surface area contributed by atoms with Gasteiger partial charge in [0.15, 0.2) is 0 Å². The Balaban J connectivity index is 3.02. The Hall–Kier alpha value is -1.55. The molecule has 1 heterocycles. The topological polar surface area (TPSA) is 52.9 Å². The molecule has 14 heavy (non-hydrogen) atoms. The van der Waals surface area contributed by atoms with Crippen LogP contribution in [-0.4, -0.2) is 9.36 Å². The van der Waals surface area contributed by atoms with Gasteiger partial charge in [-0.3, -0.25) is 14.2 Å². The maximum Gasteiger partial charge on any atom is 0.274 e. The van der Waals surface area contributed by atoms with Crippen LogP contribution < -0.4 is 11.3 Å². The normalized spacial score (nSPS) is 11.1. The minimum Gasteiger partial charge on any atom is -0.326 e. The molecule has 0 unspecified atom stereocenters. The van der Waals surface area contributed by atoms with Crippen LogP contribution in [0, 0.1) is 0 Å². The summed E-state index contributed by atoms with van der Waals surface area (Å²) in [5.41, 5.74) is 7.44. The highest BCUT2D eigenvalue weighted by molar-refractivity contribution is 5.82. The molecule has 74 valence electrons. The van der Waals surface area contributed by atoms with Crippen LogP contribution in [0.3, 0.4) is 0 Å².